The SMILES string of the molecule is CCc1ccc(C(F)F)c(CC(=O)OC)c1C#N. The quantitative estimate of drug-likeness (QED) is 0.775. The average Bonchev–Trinajstić information content (AvgIpc) is 2.37. The molecule has 0 atom stereocenters. The first-order valence-corrected chi connectivity index (χ1v) is 5.44. The van der Waals surface area contributed by atoms with Crippen molar-refractivity contribution >= 4 is 5.97 Å². The number of ether oxygens (including phenoxy) is 1. The molecule has 18 heavy (non-hydrogen) atoms. The first kappa shape index (κ1) is 14.1. The Morgan fingerprint density at radius 3 is 2.61 bits per heavy atom. The van der Waals surface area contributed by atoms with Crippen LogP contribution in [-0.2, 0) is 22.4 Å². The molecule has 1 aromatic carbocycles. The maximum atomic E-state index is 12.9. The summed E-state index contributed by atoms with van der Waals surface area (Å²) >= 11 is 0. The molecule has 0 heterocycles. The van der Waals surface area contributed by atoms with E-state index in [1.165, 1.54) is 19.2 Å². The fraction of sp³-hybridized carbons (Fsp3) is 0.385. The van der Waals surface area contributed by atoms with Gasteiger partial charge < -0.3 is 4.74 Å². The number of esters is 1. The fourth-order valence-corrected chi connectivity index (χ4v) is 1.76. The summed E-state index contributed by atoms with van der Waals surface area (Å²) in [5, 5.41) is 9.08. The molecule has 0 aliphatic carbocycles. The molecule has 0 aromatic heterocycles. The molecule has 3 nitrogen and oxygen atoms in total. The molecule has 0 radical (unpaired) electrons. The third-order valence-electron chi connectivity index (χ3n) is 2.71. The average molecular weight is 253 g/mol. The number of hydrogen-bond donors (Lipinski definition) is 0. The van der Waals surface area contributed by atoms with Crippen molar-refractivity contribution in [2.45, 2.75) is 26.2 Å². The number of benzene rings is 1. The number of rotatable bonds is 4. The molecule has 0 saturated heterocycles. The molecule has 5 heteroatoms. The summed E-state index contributed by atoms with van der Waals surface area (Å²) in [4.78, 5) is 11.2. The van der Waals surface area contributed by atoms with E-state index in [0.717, 1.165) is 0 Å². The highest BCUT2D eigenvalue weighted by atomic mass is 19.3. The van der Waals surface area contributed by atoms with Gasteiger partial charge in [-0.2, -0.15) is 5.26 Å². The monoisotopic (exact) mass is 253 g/mol. The van der Waals surface area contributed by atoms with Crippen LogP contribution in [0.5, 0.6) is 0 Å². The third kappa shape index (κ3) is 2.83. The van der Waals surface area contributed by atoms with Gasteiger partial charge in [0.15, 0.2) is 0 Å². The lowest BCUT2D eigenvalue weighted by atomic mass is 9.93. The highest BCUT2D eigenvalue weighted by Gasteiger charge is 2.20. The number of halogens is 2. The van der Waals surface area contributed by atoms with Crippen LogP contribution >= 0.6 is 0 Å². The second kappa shape index (κ2) is 6.10. The lowest BCUT2D eigenvalue weighted by Gasteiger charge is -2.12. The van der Waals surface area contributed by atoms with Gasteiger partial charge in [-0.3, -0.25) is 4.79 Å². The van der Waals surface area contributed by atoms with Gasteiger partial charge in [0.05, 0.1) is 25.2 Å². The van der Waals surface area contributed by atoms with Crippen molar-refractivity contribution < 1.29 is 18.3 Å². The topological polar surface area (TPSA) is 50.1 Å². The molecule has 0 saturated carbocycles. The maximum absolute atomic E-state index is 12.9. The smallest absolute Gasteiger partial charge is 0.310 e. The molecule has 0 unspecified atom stereocenters. The molecule has 0 aliphatic rings. The van der Waals surface area contributed by atoms with E-state index in [-0.39, 0.29) is 23.1 Å². The van der Waals surface area contributed by atoms with Crippen molar-refractivity contribution in [1.29, 1.82) is 5.26 Å². The molecule has 1 aromatic rings. The number of hydrogen-bond acceptors (Lipinski definition) is 3. The van der Waals surface area contributed by atoms with Crippen LogP contribution in [-0.4, -0.2) is 13.1 Å². The summed E-state index contributed by atoms with van der Waals surface area (Å²) < 4.78 is 30.2. The Labute approximate surface area is 104 Å². The number of methoxy groups -OCH3 is 1. The van der Waals surface area contributed by atoms with Gasteiger partial charge in [-0.15, -0.1) is 0 Å². The number of carbonyl (C=O) groups is 1. The van der Waals surface area contributed by atoms with Gasteiger partial charge in [-0.1, -0.05) is 19.1 Å². The van der Waals surface area contributed by atoms with Crippen LogP contribution in [0.15, 0.2) is 12.1 Å². The van der Waals surface area contributed by atoms with Crippen molar-refractivity contribution in [3.8, 4) is 6.07 Å². The van der Waals surface area contributed by atoms with E-state index in [9.17, 15) is 13.6 Å². The van der Waals surface area contributed by atoms with Gasteiger partial charge >= 0.3 is 5.97 Å². The normalized spacial score (nSPS) is 10.2. The lowest BCUT2D eigenvalue weighted by molar-refractivity contribution is -0.139. The summed E-state index contributed by atoms with van der Waals surface area (Å²) in [6.45, 7) is 1.82. The number of aryl methyl sites for hydroxylation is 1. The Kier molecular flexibility index (Phi) is 4.78. The zero-order valence-electron chi connectivity index (χ0n) is 10.2. The molecule has 0 fully saturated rings. The minimum Gasteiger partial charge on any atom is -0.469 e. The van der Waals surface area contributed by atoms with Crippen molar-refractivity contribution in [3.63, 3.8) is 0 Å². The van der Waals surface area contributed by atoms with Crippen molar-refractivity contribution in [2.75, 3.05) is 7.11 Å². The Bertz CT molecular complexity index is 492. The van der Waals surface area contributed by atoms with Crippen LogP contribution in [0.25, 0.3) is 0 Å². The molecular weight excluding hydrogens is 240 g/mol. The standard InChI is InChI=1S/C13H13F2NO2/c1-3-8-4-5-9(13(14)15)10(11(8)7-16)6-12(17)18-2/h4-5,13H,3,6H2,1-2H3. The third-order valence-corrected chi connectivity index (χ3v) is 2.71. The fourth-order valence-electron chi connectivity index (χ4n) is 1.76. The van der Waals surface area contributed by atoms with Crippen LogP contribution in [0.3, 0.4) is 0 Å². The maximum Gasteiger partial charge on any atom is 0.310 e. The molecule has 0 bridgehead atoms. The van der Waals surface area contributed by atoms with Gasteiger partial charge in [0.25, 0.3) is 6.43 Å². The first-order chi connectivity index (χ1) is 8.54. The largest absolute Gasteiger partial charge is 0.469 e. The predicted molar refractivity (Wildman–Crippen MR) is 61.2 cm³/mol. The Morgan fingerprint density at radius 1 is 1.50 bits per heavy atom. The van der Waals surface area contributed by atoms with E-state index in [1.807, 2.05) is 13.0 Å². The highest BCUT2D eigenvalue weighted by molar-refractivity contribution is 5.74. The van der Waals surface area contributed by atoms with Crippen LogP contribution in [0.1, 0.15) is 35.6 Å². The van der Waals surface area contributed by atoms with Crippen LogP contribution < -0.4 is 0 Å². The minimum atomic E-state index is -2.72. The summed E-state index contributed by atoms with van der Waals surface area (Å²) in [5.41, 5.74) is 0.592. The van der Waals surface area contributed by atoms with Gasteiger partial charge in [0.2, 0.25) is 0 Å². The first-order valence-electron chi connectivity index (χ1n) is 5.44. The van der Waals surface area contributed by atoms with Gasteiger partial charge in [-0.25, -0.2) is 8.78 Å². The van der Waals surface area contributed by atoms with Crippen LogP contribution in [0, 0.1) is 11.3 Å². The van der Waals surface area contributed by atoms with Crippen LogP contribution in [0.2, 0.25) is 0 Å². The van der Waals surface area contributed by atoms with Crippen molar-refractivity contribution in [2.24, 2.45) is 0 Å². The van der Waals surface area contributed by atoms with E-state index in [4.69, 9.17) is 5.26 Å². The highest BCUT2D eigenvalue weighted by Crippen LogP contribution is 2.28. The summed E-state index contributed by atoms with van der Waals surface area (Å²) in [5.74, 6) is -0.637. The van der Waals surface area contributed by atoms with E-state index < -0.39 is 12.4 Å². The van der Waals surface area contributed by atoms with Gasteiger partial charge in [-0.05, 0) is 17.5 Å². The zero-order valence-corrected chi connectivity index (χ0v) is 10.2. The van der Waals surface area contributed by atoms with E-state index in [0.29, 0.717) is 12.0 Å². The van der Waals surface area contributed by atoms with Gasteiger partial charge in [0, 0.05) is 5.56 Å². The number of nitriles is 1. The molecule has 0 aliphatic heterocycles. The molecule has 1 rings (SSSR count). The van der Waals surface area contributed by atoms with Crippen LogP contribution in [0.4, 0.5) is 8.78 Å². The Balaban J connectivity index is 3.39. The second-order valence-corrected chi connectivity index (χ2v) is 3.69. The van der Waals surface area contributed by atoms with E-state index in [1.54, 1.807) is 0 Å². The number of carbonyl (C=O) groups excluding carboxylic acids is 1. The van der Waals surface area contributed by atoms with Crippen molar-refractivity contribution in [1.82, 2.24) is 0 Å². The van der Waals surface area contributed by atoms with E-state index >= 15 is 0 Å². The molecule has 0 spiro atoms. The minimum absolute atomic E-state index is 0.0682. The predicted octanol–water partition coefficient (Wildman–Crippen LogP) is 2.77. The summed E-state index contributed by atoms with van der Waals surface area (Å²) in [6.07, 6.45) is -2.49. The van der Waals surface area contributed by atoms with Gasteiger partial charge in [0.1, 0.15) is 0 Å². The lowest BCUT2D eigenvalue weighted by Crippen LogP contribution is -2.10. The summed E-state index contributed by atoms with van der Waals surface area (Å²) in [7, 11) is 1.18. The summed E-state index contributed by atoms with van der Waals surface area (Å²) in [6, 6.07) is 4.67. The zero-order chi connectivity index (χ0) is 13.7. The Morgan fingerprint density at radius 2 is 2.17 bits per heavy atom. The molecule has 0 N–H and O–H groups in total. The number of alkyl halides is 2. The second-order valence-electron chi connectivity index (χ2n) is 3.69. The van der Waals surface area contributed by atoms with E-state index in [2.05, 4.69) is 4.74 Å². The Hall–Kier alpha value is -1.96. The molecule has 96 valence electrons. The molecular formula is C13H13F2NO2. The number of nitrogens with zero attached hydrogens (tertiary/aromatic N) is 1. The van der Waals surface area contributed by atoms with Crippen molar-refractivity contribution in [3.05, 3.63) is 34.4 Å². The molecule has 0 amide bonds.